The first kappa shape index (κ1) is 11.4. The maximum atomic E-state index is 11.0. The van der Waals surface area contributed by atoms with E-state index < -0.39 is 10.4 Å². The fraction of sp³-hybridized carbons (Fsp3) is 0.125. The van der Waals surface area contributed by atoms with Crippen LogP contribution in [0.4, 0.5) is 0 Å². The van der Waals surface area contributed by atoms with Gasteiger partial charge < -0.3 is 4.74 Å². The summed E-state index contributed by atoms with van der Waals surface area (Å²) in [4.78, 5) is 12.8. The Hall–Kier alpha value is -0.640. The number of rotatable bonds is 3. The normalized spacial score (nSPS) is 10.8. The van der Waals surface area contributed by atoms with Gasteiger partial charge in [-0.2, -0.15) is 0 Å². The highest BCUT2D eigenvalue weighted by Gasteiger charge is 2.36. The molecule has 0 unspecified atom stereocenters. The molecular formula is C8H6Cl3NO2. The minimum absolute atomic E-state index is 0.373. The number of para-hydroxylation sites is 1. The average molecular weight is 255 g/mol. The van der Waals surface area contributed by atoms with E-state index in [0.29, 0.717) is 5.75 Å². The number of nitrogens with one attached hydrogen (secondary N) is 1. The Labute approximate surface area is 96.0 Å². The van der Waals surface area contributed by atoms with Crippen LogP contribution in [0.25, 0.3) is 0 Å². The van der Waals surface area contributed by atoms with Crippen LogP contribution in [0.2, 0.25) is 0 Å². The molecule has 0 aliphatic heterocycles. The first-order valence-electron chi connectivity index (χ1n) is 3.59. The van der Waals surface area contributed by atoms with Crippen LogP contribution in [0.1, 0.15) is 0 Å². The largest absolute Gasteiger partial charge is 0.450 e. The predicted octanol–water partition coefficient (Wildman–Crippen LogP) is 2.47. The van der Waals surface area contributed by atoms with Crippen LogP contribution >= 0.6 is 35.0 Å². The molecule has 1 N–H and O–H groups in total. The highest BCUT2D eigenvalue weighted by Crippen LogP contribution is 2.26. The molecule has 1 amide bonds. The molecule has 0 bridgehead atoms. The van der Waals surface area contributed by atoms with Gasteiger partial charge in [-0.05, 0) is 35.3 Å². The number of hydrogen-bond donors (Lipinski definition) is 1. The Morgan fingerprint density at radius 2 is 1.86 bits per heavy atom. The first-order chi connectivity index (χ1) is 6.56. The molecule has 6 heteroatoms. The van der Waals surface area contributed by atoms with Gasteiger partial charge in [-0.1, -0.05) is 18.2 Å². The molecule has 3 nitrogen and oxygen atoms in total. The molecule has 1 aromatic rings. The van der Waals surface area contributed by atoms with Crippen molar-refractivity contribution in [1.29, 1.82) is 0 Å². The molecule has 0 fully saturated rings. The topological polar surface area (TPSA) is 38.3 Å². The van der Waals surface area contributed by atoms with E-state index in [1.807, 2.05) is 0 Å². The SMILES string of the molecule is O=C(NCl)C(Cl)(Cl)Oc1ccccc1. The van der Waals surface area contributed by atoms with Crippen molar-refractivity contribution in [2.75, 3.05) is 0 Å². The molecule has 0 aliphatic carbocycles. The quantitative estimate of drug-likeness (QED) is 0.665. The number of ether oxygens (including phenoxy) is 1. The van der Waals surface area contributed by atoms with Gasteiger partial charge in [0.1, 0.15) is 5.75 Å². The van der Waals surface area contributed by atoms with Gasteiger partial charge in [0.2, 0.25) is 0 Å². The van der Waals surface area contributed by atoms with Gasteiger partial charge in [-0.25, -0.2) is 0 Å². The van der Waals surface area contributed by atoms with Crippen molar-refractivity contribution in [2.24, 2.45) is 0 Å². The molecule has 0 radical (unpaired) electrons. The van der Waals surface area contributed by atoms with Crippen LogP contribution in [0.3, 0.4) is 0 Å². The van der Waals surface area contributed by atoms with Crippen molar-refractivity contribution in [2.45, 2.75) is 4.52 Å². The summed E-state index contributed by atoms with van der Waals surface area (Å²) in [6.07, 6.45) is 0. The lowest BCUT2D eigenvalue weighted by atomic mass is 10.3. The zero-order valence-corrected chi connectivity index (χ0v) is 9.10. The summed E-state index contributed by atoms with van der Waals surface area (Å²) in [5.41, 5.74) is 0. The van der Waals surface area contributed by atoms with Crippen LogP contribution in [-0.2, 0) is 4.79 Å². The third kappa shape index (κ3) is 2.94. The molecule has 14 heavy (non-hydrogen) atoms. The Balaban J connectivity index is 2.73. The molecule has 0 atom stereocenters. The summed E-state index contributed by atoms with van der Waals surface area (Å²) in [6.45, 7) is 0. The smallest absolute Gasteiger partial charge is 0.340 e. The van der Waals surface area contributed by atoms with E-state index in [4.69, 9.17) is 39.7 Å². The van der Waals surface area contributed by atoms with E-state index in [-0.39, 0.29) is 0 Å². The van der Waals surface area contributed by atoms with Gasteiger partial charge >= 0.3 is 10.4 Å². The molecule has 0 aromatic heterocycles. The summed E-state index contributed by atoms with van der Waals surface area (Å²) in [7, 11) is 0. The zero-order chi connectivity index (χ0) is 10.6. The monoisotopic (exact) mass is 253 g/mol. The Morgan fingerprint density at radius 1 is 1.29 bits per heavy atom. The van der Waals surface area contributed by atoms with Gasteiger partial charge in [0.15, 0.2) is 0 Å². The van der Waals surface area contributed by atoms with Crippen molar-refractivity contribution >= 4 is 40.9 Å². The van der Waals surface area contributed by atoms with E-state index >= 15 is 0 Å². The standard InChI is InChI=1S/C8H6Cl3NO2/c9-8(10,7(13)12-11)14-6-4-2-1-3-5-6/h1-5H,(H,12,13). The number of benzene rings is 1. The summed E-state index contributed by atoms with van der Waals surface area (Å²) >= 11 is 16.2. The van der Waals surface area contributed by atoms with Crippen molar-refractivity contribution in [1.82, 2.24) is 4.84 Å². The van der Waals surface area contributed by atoms with Crippen molar-refractivity contribution < 1.29 is 9.53 Å². The molecule has 0 heterocycles. The number of carbonyl (C=O) groups is 1. The second-order valence-electron chi connectivity index (χ2n) is 2.36. The van der Waals surface area contributed by atoms with Crippen molar-refractivity contribution in [3.05, 3.63) is 30.3 Å². The average Bonchev–Trinajstić information content (AvgIpc) is 2.17. The second-order valence-corrected chi connectivity index (χ2v) is 3.80. The van der Waals surface area contributed by atoms with E-state index in [1.54, 1.807) is 35.2 Å². The summed E-state index contributed by atoms with van der Waals surface area (Å²) in [5.74, 6) is -0.468. The van der Waals surface area contributed by atoms with E-state index in [1.165, 1.54) is 0 Å². The number of hydrogen-bond acceptors (Lipinski definition) is 2. The summed E-state index contributed by atoms with van der Waals surface area (Å²) in [5, 5.41) is 0. The van der Waals surface area contributed by atoms with Gasteiger partial charge in [-0.15, -0.1) is 0 Å². The molecule has 0 aliphatic rings. The van der Waals surface area contributed by atoms with E-state index in [2.05, 4.69) is 0 Å². The number of alkyl halides is 2. The Bertz CT molecular complexity index is 316. The fourth-order valence-corrected chi connectivity index (χ4v) is 1.24. The predicted molar refractivity (Wildman–Crippen MR) is 55.5 cm³/mol. The highest BCUT2D eigenvalue weighted by molar-refractivity contribution is 6.58. The molecule has 0 spiro atoms. The van der Waals surface area contributed by atoms with E-state index in [9.17, 15) is 4.79 Å². The zero-order valence-electron chi connectivity index (χ0n) is 6.84. The van der Waals surface area contributed by atoms with E-state index in [0.717, 1.165) is 0 Å². The molecule has 76 valence electrons. The lowest BCUT2D eigenvalue weighted by Gasteiger charge is -2.18. The van der Waals surface area contributed by atoms with Gasteiger partial charge in [0.25, 0.3) is 0 Å². The number of amides is 1. The van der Waals surface area contributed by atoms with Gasteiger partial charge in [0, 0.05) is 11.8 Å². The maximum absolute atomic E-state index is 11.0. The van der Waals surface area contributed by atoms with Crippen molar-refractivity contribution in [3.8, 4) is 5.75 Å². The van der Waals surface area contributed by atoms with Crippen LogP contribution < -0.4 is 9.57 Å². The lowest BCUT2D eigenvalue weighted by molar-refractivity contribution is -0.124. The van der Waals surface area contributed by atoms with Crippen LogP contribution in [0.5, 0.6) is 5.75 Å². The van der Waals surface area contributed by atoms with Gasteiger partial charge in [0.05, 0.1) is 0 Å². The van der Waals surface area contributed by atoms with Crippen LogP contribution in [0, 0.1) is 0 Å². The third-order valence-corrected chi connectivity index (χ3v) is 2.01. The molecule has 0 saturated heterocycles. The van der Waals surface area contributed by atoms with Crippen LogP contribution in [0.15, 0.2) is 30.3 Å². The molecule has 1 aromatic carbocycles. The molecule has 1 rings (SSSR count). The Kier molecular flexibility index (Phi) is 3.86. The Morgan fingerprint density at radius 3 is 2.36 bits per heavy atom. The highest BCUT2D eigenvalue weighted by atomic mass is 35.5. The first-order valence-corrected chi connectivity index (χ1v) is 4.72. The van der Waals surface area contributed by atoms with Gasteiger partial charge in [-0.3, -0.25) is 9.63 Å². The summed E-state index contributed by atoms with van der Waals surface area (Å²) < 4.78 is 2.96. The lowest BCUT2D eigenvalue weighted by Crippen LogP contribution is -2.38. The van der Waals surface area contributed by atoms with Crippen molar-refractivity contribution in [3.63, 3.8) is 0 Å². The molecule has 0 saturated carbocycles. The maximum Gasteiger partial charge on any atom is 0.340 e. The summed E-state index contributed by atoms with van der Waals surface area (Å²) in [6, 6.07) is 8.45. The fourth-order valence-electron chi connectivity index (χ4n) is 0.738. The second kappa shape index (κ2) is 4.73. The van der Waals surface area contributed by atoms with Crippen LogP contribution in [-0.4, -0.2) is 10.4 Å². The number of halogens is 3. The minimum Gasteiger partial charge on any atom is -0.450 e. The third-order valence-electron chi connectivity index (χ3n) is 1.34. The minimum atomic E-state index is -2.02. The number of carbonyl (C=O) groups excluding carboxylic acids is 1. The molecular weight excluding hydrogens is 248 g/mol.